The first kappa shape index (κ1) is 16.1. The van der Waals surface area contributed by atoms with Gasteiger partial charge in [0.1, 0.15) is 5.69 Å². The van der Waals surface area contributed by atoms with Crippen molar-refractivity contribution in [2.24, 2.45) is 11.7 Å². The molecule has 1 amide bonds. The van der Waals surface area contributed by atoms with E-state index in [1.165, 1.54) is 0 Å². The number of nitro groups is 1. The van der Waals surface area contributed by atoms with Crippen molar-refractivity contribution in [3.05, 3.63) is 33.9 Å². The highest BCUT2D eigenvalue weighted by Gasteiger charge is 2.30. The van der Waals surface area contributed by atoms with Crippen molar-refractivity contribution in [2.75, 3.05) is 5.32 Å². The lowest BCUT2D eigenvalue weighted by Gasteiger charge is -2.25. The van der Waals surface area contributed by atoms with Crippen LogP contribution < -0.4 is 11.1 Å². The van der Waals surface area contributed by atoms with Crippen molar-refractivity contribution in [1.82, 2.24) is 0 Å². The molecule has 2 rings (SSSR count). The SMILES string of the molecule is NC(=O)C1CCCCCC1Nc1c(F)cc([N+](=O)[O-])cc1F. The van der Waals surface area contributed by atoms with E-state index in [2.05, 4.69) is 5.32 Å². The summed E-state index contributed by atoms with van der Waals surface area (Å²) in [6.45, 7) is 0. The van der Waals surface area contributed by atoms with Gasteiger partial charge in [0, 0.05) is 6.04 Å². The van der Waals surface area contributed by atoms with Crippen LogP contribution in [0.15, 0.2) is 12.1 Å². The van der Waals surface area contributed by atoms with Crippen LogP contribution >= 0.6 is 0 Å². The second-order valence-electron chi connectivity index (χ2n) is 5.44. The highest BCUT2D eigenvalue weighted by Crippen LogP contribution is 2.30. The molecule has 3 N–H and O–H groups in total. The molecule has 0 spiro atoms. The lowest BCUT2D eigenvalue weighted by Crippen LogP contribution is -2.38. The molecule has 120 valence electrons. The number of halogens is 2. The Labute approximate surface area is 125 Å². The maximum Gasteiger partial charge on any atom is 0.275 e. The Morgan fingerprint density at radius 3 is 2.36 bits per heavy atom. The van der Waals surface area contributed by atoms with E-state index in [4.69, 9.17) is 5.73 Å². The molecule has 0 radical (unpaired) electrons. The van der Waals surface area contributed by atoms with E-state index in [0.717, 1.165) is 19.3 Å². The summed E-state index contributed by atoms with van der Waals surface area (Å²) >= 11 is 0. The average molecular weight is 313 g/mol. The van der Waals surface area contributed by atoms with E-state index in [1.54, 1.807) is 0 Å². The summed E-state index contributed by atoms with van der Waals surface area (Å²) in [5, 5.41) is 13.3. The number of primary amides is 1. The van der Waals surface area contributed by atoms with Crippen LogP contribution in [0.1, 0.15) is 32.1 Å². The molecule has 1 saturated carbocycles. The number of nitrogens with two attached hydrogens (primary N) is 1. The fourth-order valence-corrected chi connectivity index (χ4v) is 2.81. The Bertz CT molecular complexity index is 572. The molecule has 0 saturated heterocycles. The third kappa shape index (κ3) is 3.49. The van der Waals surface area contributed by atoms with Crippen LogP contribution in [0.4, 0.5) is 20.2 Å². The molecule has 2 unspecified atom stereocenters. The van der Waals surface area contributed by atoms with Crippen LogP contribution in [-0.2, 0) is 4.79 Å². The van der Waals surface area contributed by atoms with Crippen LogP contribution in [-0.4, -0.2) is 16.9 Å². The summed E-state index contributed by atoms with van der Waals surface area (Å²) in [6.07, 6.45) is 3.69. The van der Waals surface area contributed by atoms with Gasteiger partial charge in [0.15, 0.2) is 11.6 Å². The van der Waals surface area contributed by atoms with Gasteiger partial charge in [0.2, 0.25) is 5.91 Å². The van der Waals surface area contributed by atoms with E-state index in [9.17, 15) is 23.7 Å². The standard InChI is InChI=1S/C14H17F2N3O3/c15-10-6-8(19(21)22)7-11(16)13(10)18-12-5-3-1-2-4-9(12)14(17)20/h6-7,9,12,18H,1-5H2,(H2,17,20). The van der Waals surface area contributed by atoms with Crippen LogP contribution in [0.25, 0.3) is 0 Å². The van der Waals surface area contributed by atoms with Gasteiger partial charge in [-0.2, -0.15) is 0 Å². The van der Waals surface area contributed by atoms with Crippen molar-refractivity contribution < 1.29 is 18.5 Å². The Hall–Kier alpha value is -2.25. The van der Waals surface area contributed by atoms with E-state index < -0.39 is 45.8 Å². The van der Waals surface area contributed by atoms with Gasteiger partial charge in [-0.05, 0) is 12.8 Å². The zero-order valence-corrected chi connectivity index (χ0v) is 11.9. The first-order valence-electron chi connectivity index (χ1n) is 7.09. The molecule has 6 nitrogen and oxygen atoms in total. The number of rotatable bonds is 4. The predicted molar refractivity (Wildman–Crippen MR) is 76.2 cm³/mol. The van der Waals surface area contributed by atoms with Crippen molar-refractivity contribution >= 4 is 17.3 Å². The molecule has 0 aliphatic heterocycles. The van der Waals surface area contributed by atoms with Gasteiger partial charge >= 0.3 is 0 Å². The van der Waals surface area contributed by atoms with E-state index in [-0.39, 0.29) is 0 Å². The average Bonchev–Trinajstić information content (AvgIpc) is 2.67. The monoisotopic (exact) mass is 313 g/mol. The van der Waals surface area contributed by atoms with Gasteiger partial charge in [0.25, 0.3) is 5.69 Å². The highest BCUT2D eigenvalue weighted by atomic mass is 19.1. The summed E-state index contributed by atoms with van der Waals surface area (Å²) in [7, 11) is 0. The van der Waals surface area contributed by atoms with E-state index >= 15 is 0 Å². The lowest BCUT2D eigenvalue weighted by atomic mass is 9.93. The molecule has 22 heavy (non-hydrogen) atoms. The number of non-ortho nitro benzene ring substituents is 1. The molecule has 0 heterocycles. The predicted octanol–water partition coefficient (Wildman–Crippen LogP) is 2.72. The molecule has 1 aliphatic carbocycles. The topological polar surface area (TPSA) is 98.3 Å². The number of amides is 1. The van der Waals surface area contributed by atoms with Gasteiger partial charge in [-0.1, -0.05) is 19.3 Å². The van der Waals surface area contributed by atoms with E-state index in [0.29, 0.717) is 25.0 Å². The fraction of sp³-hybridized carbons (Fsp3) is 0.500. The summed E-state index contributed by atoms with van der Waals surface area (Å²) in [4.78, 5) is 21.2. The molecule has 1 fully saturated rings. The summed E-state index contributed by atoms with van der Waals surface area (Å²) in [5.41, 5.74) is 4.25. The summed E-state index contributed by atoms with van der Waals surface area (Å²) < 4.78 is 27.9. The molecule has 0 bridgehead atoms. The zero-order chi connectivity index (χ0) is 16.3. The largest absolute Gasteiger partial charge is 0.377 e. The number of hydrogen-bond donors (Lipinski definition) is 2. The molecular weight excluding hydrogens is 296 g/mol. The zero-order valence-electron chi connectivity index (χ0n) is 11.9. The molecule has 1 aromatic rings. The van der Waals surface area contributed by atoms with Gasteiger partial charge in [0.05, 0.1) is 23.0 Å². The van der Waals surface area contributed by atoms with Gasteiger partial charge in [-0.25, -0.2) is 8.78 Å². The number of nitrogens with zero attached hydrogens (tertiary/aromatic N) is 1. The van der Waals surface area contributed by atoms with Gasteiger partial charge in [-0.3, -0.25) is 14.9 Å². The number of hydrogen-bond acceptors (Lipinski definition) is 4. The molecule has 0 aromatic heterocycles. The van der Waals surface area contributed by atoms with Crippen molar-refractivity contribution in [3.8, 4) is 0 Å². The van der Waals surface area contributed by atoms with Crippen LogP contribution in [0.3, 0.4) is 0 Å². The molecule has 8 heteroatoms. The number of nitro benzene ring substituents is 1. The third-order valence-electron chi connectivity index (χ3n) is 3.95. The van der Waals surface area contributed by atoms with E-state index in [1.807, 2.05) is 0 Å². The van der Waals surface area contributed by atoms with Gasteiger partial charge in [-0.15, -0.1) is 0 Å². The van der Waals surface area contributed by atoms with Crippen LogP contribution in [0.2, 0.25) is 0 Å². The second-order valence-corrected chi connectivity index (χ2v) is 5.44. The molecule has 2 atom stereocenters. The van der Waals surface area contributed by atoms with Crippen LogP contribution in [0.5, 0.6) is 0 Å². The smallest absolute Gasteiger partial charge is 0.275 e. The minimum atomic E-state index is -1.06. The number of carbonyl (C=O) groups excluding carboxylic acids is 1. The Kier molecular flexibility index (Phi) is 4.89. The molecule has 1 aliphatic rings. The lowest BCUT2D eigenvalue weighted by molar-refractivity contribution is -0.385. The first-order chi connectivity index (χ1) is 10.4. The first-order valence-corrected chi connectivity index (χ1v) is 7.09. The number of anilines is 1. The molecular formula is C14H17F2N3O3. The van der Waals surface area contributed by atoms with Gasteiger partial charge < -0.3 is 11.1 Å². The fourth-order valence-electron chi connectivity index (χ4n) is 2.81. The minimum Gasteiger partial charge on any atom is -0.377 e. The van der Waals surface area contributed by atoms with Crippen molar-refractivity contribution in [3.63, 3.8) is 0 Å². The Morgan fingerprint density at radius 2 is 1.82 bits per heavy atom. The van der Waals surface area contributed by atoms with Crippen LogP contribution in [0, 0.1) is 27.7 Å². The maximum atomic E-state index is 13.9. The summed E-state index contributed by atoms with van der Waals surface area (Å²) in [5.74, 6) is -3.14. The van der Waals surface area contributed by atoms with Crippen molar-refractivity contribution in [2.45, 2.75) is 38.1 Å². The third-order valence-corrected chi connectivity index (χ3v) is 3.95. The Balaban J connectivity index is 2.28. The Morgan fingerprint density at radius 1 is 1.23 bits per heavy atom. The minimum absolute atomic E-state index is 0.455. The molecule has 1 aromatic carbocycles. The number of benzene rings is 1. The van der Waals surface area contributed by atoms with Crippen molar-refractivity contribution in [1.29, 1.82) is 0 Å². The second kappa shape index (κ2) is 6.67. The normalized spacial score (nSPS) is 21.9. The maximum absolute atomic E-state index is 13.9. The highest BCUT2D eigenvalue weighted by molar-refractivity contribution is 5.78. The quantitative estimate of drug-likeness (QED) is 0.507. The number of carbonyl (C=O) groups is 1. The summed E-state index contributed by atoms with van der Waals surface area (Å²) in [6, 6.07) is 0.827. The number of nitrogens with one attached hydrogen (secondary N) is 1.